The lowest BCUT2D eigenvalue weighted by Crippen LogP contribution is -2.24. The van der Waals surface area contributed by atoms with Crippen molar-refractivity contribution in [3.63, 3.8) is 0 Å². The van der Waals surface area contributed by atoms with E-state index in [9.17, 15) is 4.79 Å². The molecule has 0 atom stereocenters. The van der Waals surface area contributed by atoms with Crippen LogP contribution in [0.25, 0.3) is 0 Å². The summed E-state index contributed by atoms with van der Waals surface area (Å²) in [6.07, 6.45) is 1.68. The van der Waals surface area contributed by atoms with Crippen molar-refractivity contribution in [2.45, 2.75) is 6.54 Å². The number of hydrogen-bond donors (Lipinski definition) is 2. The van der Waals surface area contributed by atoms with Gasteiger partial charge in [-0.1, -0.05) is 17.7 Å². The lowest BCUT2D eigenvalue weighted by atomic mass is 10.1. The number of hydrogen-bond acceptors (Lipinski definition) is 3. The number of carbonyl (C=O) groups is 1. The molecule has 1 heterocycles. The lowest BCUT2D eigenvalue weighted by Gasteiger charge is -2.07. The summed E-state index contributed by atoms with van der Waals surface area (Å²) in [6, 6.07) is 10.3. The van der Waals surface area contributed by atoms with E-state index in [1.54, 1.807) is 24.4 Å². The molecule has 0 bridgehead atoms. The molecule has 0 aliphatic heterocycles. The summed E-state index contributed by atoms with van der Waals surface area (Å²) < 4.78 is 0. The number of nitrogens with two attached hydrogens (primary N) is 1. The van der Waals surface area contributed by atoms with Crippen molar-refractivity contribution in [1.29, 1.82) is 0 Å². The predicted octanol–water partition coefficient (Wildman–Crippen LogP) is 2.25. The van der Waals surface area contributed by atoms with Gasteiger partial charge in [-0.05, 0) is 30.3 Å². The van der Waals surface area contributed by atoms with Crippen molar-refractivity contribution in [2.75, 3.05) is 5.73 Å². The Labute approximate surface area is 110 Å². The summed E-state index contributed by atoms with van der Waals surface area (Å²) in [5.41, 5.74) is 7.28. The van der Waals surface area contributed by atoms with Gasteiger partial charge in [0.05, 0.1) is 17.8 Å². The molecular formula is C13H12ClN3O. The van der Waals surface area contributed by atoms with Gasteiger partial charge in [-0.2, -0.15) is 0 Å². The molecule has 2 rings (SSSR count). The average molecular weight is 262 g/mol. The number of anilines is 1. The fourth-order valence-corrected chi connectivity index (χ4v) is 1.67. The molecule has 2 aromatic rings. The maximum Gasteiger partial charge on any atom is 0.253 e. The van der Waals surface area contributed by atoms with Crippen LogP contribution in [0.15, 0.2) is 42.6 Å². The van der Waals surface area contributed by atoms with Crippen molar-refractivity contribution < 1.29 is 4.79 Å². The molecule has 0 aliphatic carbocycles. The summed E-state index contributed by atoms with van der Waals surface area (Å²) in [5.74, 6) is -0.263. The van der Waals surface area contributed by atoms with E-state index in [1.165, 1.54) is 0 Å². The minimum atomic E-state index is -0.263. The summed E-state index contributed by atoms with van der Waals surface area (Å²) in [7, 11) is 0. The van der Waals surface area contributed by atoms with Crippen LogP contribution in [0.1, 0.15) is 16.1 Å². The largest absolute Gasteiger partial charge is 0.398 e. The van der Waals surface area contributed by atoms with E-state index in [0.717, 1.165) is 5.69 Å². The molecule has 3 N–H and O–H groups in total. The highest BCUT2D eigenvalue weighted by Crippen LogP contribution is 2.17. The Bertz CT molecular complexity index is 557. The molecule has 1 amide bonds. The molecular weight excluding hydrogens is 250 g/mol. The van der Waals surface area contributed by atoms with E-state index in [0.29, 0.717) is 22.8 Å². The topological polar surface area (TPSA) is 68.0 Å². The van der Waals surface area contributed by atoms with Gasteiger partial charge in [0.2, 0.25) is 0 Å². The summed E-state index contributed by atoms with van der Waals surface area (Å²) >= 11 is 5.83. The molecule has 0 radical (unpaired) electrons. The van der Waals surface area contributed by atoms with Crippen LogP contribution < -0.4 is 11.1 Å². The second-order valence-corrected chi connectivity index (χ2v) is 4.17. The Morgan fingerprint density at radius 1 is 1.33 bits per heavy atom. The standard InChI is InChI=1S/C13H12ClN3O/c14-9-4-5-12(15)11(7-9)13(18)17-8-10-3-1-2-6-16-10/h1-7H,8,15H2,(H,17,18). The minimum absolute atomic E-state index is 0.263. The molecule has 1 aromatic carbocycles. The van der Waals surface area contributed by atoms with Crippen molar-refractivity contribution in [1.82, 2.24) is 10.3 Å². The Kier molecular flexibility index (Phi) is 3.79. The molecule has 0 aliphatic rings. The zero-order valence-electron chi connectivity index (χ0n) is 9.56. The first-order valence-corrected chi connectivity index (χ1v) is 5.78. The average Bonchev–Trinajstić information content (AvgIpc) is 2.40. The first-order chi connectivity index (χ1) is 8.66. The number of nitrogen functional groups attached to an aromatic ring is 1. The fourth-order valence-electron chi connectivity index (χ4n) is 1.49. The zero-order valence-corrected chi connectivity index (χ0v) is 10.3. The molecule has 18 heavy (non-hydrogen) atoms. The van der Waals surface area contributed by atoms with Gasteiger partial charge in [0, 0.05) is 16.9 Å². The van der Waals surface area contributed by atoms with Crippen LogP contribution in [0, 0.1) is 0 Å². The number of nitrogens with zero attached hydrogens (tertiary/aromatic N) is 1. The van der Waals surface area contributed by atoms with Gasteiger partial charge < -0.3 is 11.1 Å². The molecule has 0 unspecified atom stereocenters. The number of halogens is 1. The van der Waals surface area contributed by atoms with Crippen molar-refractivity contribution in [3.05, 3.63) is 58.9 Å². The second-order valence-electron chi connectivity index (χ2n) is 3.74. The molecule has 5 heteroatoms. The van der Waals surface area contributed by atoms with E-state index in [2.05, 4.69) is 10.3 Å². The van der Waals surface area contributed by atoms with Crippen LogP contribution in [0.2, 0.25) is 5.02 Å². The molecule has 0 fully saturated rings. The first-order valence-electron chi connectivity index (χ1n) is 5.40. The van der Waals surface area contributed by atoms with Gasteiger partial charge in [0.15, 0.2) is 0 Å². The SMILES string of the molecule is Nc1ccc(Cl)cc1C(=O)NCc1ccccn1. The van der Waals surface area contributed by atoms with E-state index in [4.69, 9.17) is 17.3 Å². The van der Waals surface area contributed by atoms with E-state index in [-0.39, 0.29) is 5.91 Å². The molecule has 0 saturated carbocycles. The minimum Gasteiger partial charge on any atom is -0.398 e. The number of benzene rings is 1. The highest BCUT2D eigenvalue weighted by molar-refractivity contribution is 6.31. The van der Waals surface area contributed by atoms with Crippen LogP contribution in [-0.2, 0) is 6.54 Å². The Morgan fingerprint density at radius 2 is 2.17 bits per heavy atom. The highest BCUT2D eigenvalue weighted by atomic mass is 35.5. The number of rotatable bonds is 3. The van der Waals surface area contributed by atoms with Gasteiger partial charge >= 0.3 is 0 Å². The van der Waals surface area contributed by atoms with Gasteiger partial charge in [-0.3, -0.25) is 9.78 Å². The third-order valence-corrected chi connectivity index (χ3v) is 2.65. The van der Waals surface area contributed by atoms with Crippen LogP contribution in [0.5, 0.6) is 0 Å². The van der Waals surface area contributed by atoms with Crippen molar-refractivity contribution in [2.24, 2.45) is 0 Å². The third-order valence-electron chi connectivity index (χ3n) is 2.42. The number of aromatic nitrogens is 1. The number of nitrogens with one attached hydrogen (secondary N) is 1. The number of pyridine rings is 1. The number of carbonyl (C=O) groups excluding carboxylic acids is 1. The van der Waals surface area contributed by atoms with Gasteiger partial charge in [-0.15, -0.1) is 0 Å². The van der Waals surface area contributed by atoms with Crippen LogP contribution in [0.4, 0.5) is 5.69 Å². The summed E-state index contributed by atoms with van der Waals surface area (Å²) in [5, 5.41) is 3.22. The third kappa shape index (κ3) is 2.99. The van der Waals surface area contributed by atoms with Crippen molar-refractivity contribution >= 4 is 23.2 Å². The maximum absolute atomic E-state index is 11.9. The van der Waals surface area contributed by atoms with E-state index < -0.39 is 0 Å². The van der Waals surface area contributed by atoms with Gasteiger partial charge in [0.1, 0.15) is 0 Å². The summed E-state index contributed by atoms with van der Waals surface area (Å²) in [4.78, 5) is 16.0. The first kappa shape index (κ1) is 12.4. The van der Waals surface area contributed by atoms with E-state index >= 15 is 0 Å². The monoisotopic (exact) mass is 261 g/mol. The van der Waals surface area contributed by atoms with Gasteiger partial charge in [0.25, 0.3) is 5.91 Å². The Balaban J connectivity index is 2.06. The molecule has 92 valence electrons. The van der Waals surface area contributed by atoms with Crippen LogP contribution in [-0.4, -0.2) is 10.9 Å². The highest BCUT2D eigenvalue weighted by Gasteiger charge is 2.09. The van der Waals surface area contributed by atoms with Gasteiger partial charge in [-0.25, -0.2) is 0 Å². The lowest BCUT2D eigenvalue weighted by molar-refractivity contribution is 0.0951. The van der Waals surface area contributed by atoms with E-state index in [1.807, 2.05) is 18.2 Å². The quantitative estimate of drug-likeness (QED) is 0.833. The normalized spacial score (nSPS) is 10.1. The maximum atomic E-state index is 11.9. The predicted molar refractivity (Wildman–Crippen MR) is 71.3 cm³/mol. The summed E-state index contributed by atoms with van der Waals surface area (Å²) in [6.45, 7) is 0.353. The molecule has 4 nitrogen and oxygen atoms in total. The van der Waals surface area contributed by atoms with Crippen molar-refractivity contribution in [3.8, 4) is 0 Å². The number of amides is 1. The van der Waals surface area contributed by atoms with Crippen LogP contribution in [0.3, 0.4) is 0 Å². The molecule has 0 saturated heterocycles. The smallest absolute Gasteiger partial charge is 0.253 e. The fraction of sp³-hybridized carbons (Fsp3) is 0.0769. The molecule has 1 aromatic heterocycles. The Hall–Kier alpha value is -2.07. The zero-order chi connectivity index (χ0) is 13.0. The Morgan fingerprint density at radius 3 is 2.89 bits per heavy atom. The molecule has 0 spiro atoms. The second kappa shape index (κ2) is 5.51. The van der Waals surface area contributed by atoms with Crippen LogP contribution >= 0.6 is 11.6 Å².